The minimum absolute atomic E-state index is 0.121. The van der Waals surface area contributed by atoms with Crippen LogP contribution in [0, 0.1) is 0 Å². The number of hydrogen-bond acceptors (Lipinski definition) is 5. The number of rotatable bonds is 8. The highest BCUT2D eigenvalue weighted by Crippen LogP contribution is 2.32. The summed E-state index contributed by atoms with van der Waals surface area (Å²) in [6.07, 6.45) is 3.57. The fourth-order valence-electron chi connectivity index (χ4n) is 3.09. The minimum atomic E-state index is -0.948. The molecule has 2 aromatic carbocycles. The third-order valence-electron chi connectivity index (χ3n) is 5.20. The van der Waals surface area contributed by atoms with Crippen molar-refractivity contribution in [3.63, 3.8) is 0 Å². The number of esters is 1. The van der Waals surface area contributed by atoms with E-state index >= 15 is 0 Å². The number of carbonyl (C=O) groups excluding carboxylic acids is 1. The molecule has 3 rings (SSSR count). The molecule has 3 aromatic rings. The molecule has 1 heterocycles. The summed E-state index contributed by atoms with van der Waals surface area (Å²) in [5, 5.41) is 13.6. The fourth-order valence-corrected chi connectivity index (χ4v) is 4.04. The smallest absolute Gasteiger partial charge is 0.338 e. The topological polar surface area (TPSA) is 81.4 Å². The highest BCUT2D eigenvalue weighted by molar-refractivity contribution is 8.01. The van der Waals surface area contributed by atoms with Crippen LogP contribution in [0.1, 0.15) is 61.7 Å². The number of benzene rings is 2. The van der Waals surface area contributed by atoms with Crippen LogP contribution in [0.2, 0.25) is 0 Å². The number of carbonyl (C=O) groups is 2. The van der Waals surface area contributed by atoms with E-state index < -0.39 is 16.7 Å². The van der Waals surface area contributed by atoms with E-state index in [1.807, 2.05) is 10.9 Å². The first kappa shape index (κ1) is 24.6. The summed E-state index contributed by atoms with van der Waals surface area (Å²) < 4.78 is 6.29. The van der Waals surface area contributed by atoms with Crippen molar-refractivity contribution in [1.82, 2.24) is 9.78 Å². The van der Waals surface area contributed by atoms with Crippen molar-refractivity contribution >= 4 is 23.7 Å². The zero-order chi connectivity index (χ0) is 24.2. The summed E-state index contributed by atoms with van der Waals surface area (Å²) in [6, 6.07) is 15.3. The molecule has 0 atom stereocenters. The first-order chi connectivity index (χ1) is 15.4. The Labute approximate surface area is 199 Å². The van der Waals surface area contributed by atoms with Gasteiger partial charge in [-0.25, -0.2) is 4.79 Å². The summed E-state index contributed by atoms with van der Waals surface area (Å²) in [5.74, 6) is -1.33. The van der Waals surface area contributed by atoms with Gasteiger partial charge in [-0.15, -0.1) is 11.8 Å². The van der Waals surface area contributed by atoms with Crippen molar-refractivity contribution in [2.24, 2.45) is 0 Å². The van der Waals surface area contributed by atoms with Gasteiger partial charge in [0.1, 0.15) is 11.4 Å². The summed E-state index contributed by atoms with van der Waals surface area (Å²) in [5.41, 5.74) is 3.79. The number of ether oxygens (including phenoxy) is 1. The van der Waals surface area contributed by atoms with Crippen molar-refractivity contribution in [3.8, 4) is 0 Å². The molecule has 0 fully saturated rings. The summed E-state index contributed by atoms with van der Waals surface area (Å²) >= 11 is 1.23. The molecule has 0 aliphatic carbocycles. The van der Waals surface area contributed by atoms with Gasteiger partial charge in [0.05, 0.1) is 18.3 Å². The van der Waals surface area contributed by atoms with Crippen LogP contribution < -0.4 is 0 Å². The maximum Gasteiger partial charge on any atom is 0.338 e. The van der Waals surface area contributed by atoms with Crippen LogP contribution in [0.5, 0.6) is 0 Å². The molecule has 0 aliphatic heterocycles. The van der Waals surface area contributed by atoms with Crippen LogP contribution >= 0.6 is 11.8 Å². The Hall–Kier alpha value is -3.06. The second-order valence-corrected chi connectivity index (χ2v) is 11.2. The number of aliphatic carboxylic acids is 1. The van der Waals surface area contributed by atoms with E-state index in [4.69, 9.17) is 4.74 Å². The Bertz CT molecular complexity index is 1110. The molecule has 1 N–H and O–H groups in total. The van der Waals surface area contributed by atoms with Gasteiger partial charge in [-0.05, 0) is 54.7 Å². The molecule has 0 saturated carbocycles. The summed E-state index contributed by atoms with van der Waals surface area (Å²) in [6.45, 7) is 10.6. The average molecular weight is 467 g/mol. The van der Waals surface area contributed by atoms with Crippen molar-refractivity contribution < 1.29 is 19.4 Å². The lowest BCUT2D eigenvalue weighted by Gasteiger charge is -2.19. The standard InChI is InChI=1S/C26H30N2O4S/c1-25(2,3)21-10-6-18(7-11-21)15-28-16-19(14-27-28)17-32-23(29)20-8-12-22(13-9-20)33-26(4,5)24(30)31/h6-14,16H,15,17H2,1-5H3,(H,30,31). The average Bonchev–Trinajstić information content (AvgIpc) is 3.19. The molecular weight excluding hydrogens is 436 g/mol. The van der Waals surface area contributed by atoms with Gasteiger partial charge >= 0.3 is 11.9 Å². The Balaban J connectivity index is 1.53. The second kappa shape index (κ2) is 9.83. The van der Waals surface area contributed by atoms with E-state index in [0.717, 1.165) is 16.0 Å². The Morgan fingerprint density at radius 1 is 0.970 bits per heavy atom. The largest absolute Gasteiger partial charge is 0.480 e. The van der Waals surface area contributed by atoms with Gasteiger partial charge < -0.3 is 9.84 Å². The van der Waals surface area contributed by atoms with Crippen molar-refractivity contribution in [2.75, 3.05) is 0 Å². The highest BCUT2D eigenvalue weighted by atomic mass is 32.2. The minimum Gasteiger partial charge on any atom is -0.480 e. The molecule has 0 radical (unpaired) electrons. The SMILES string of the molecule is CC(C)(Sc1ccc(C(=O)OCc2cnn(Cc3ccc(C(C)(C)C)cc3)c2)cc1)C(=O)O. The van der Waals surface area contributed by atoms with Crippen LogP contribution in [0.25, 0.3) is 0 Å². The third-order valence-corrected chi connectivity index (χ3v) is 6.39. The molecule has 0 amide bonds. The van der Waals surface area contributed by atoms with Gasteiger partial charge in [0.25, 0.3) is 0 Å². The predicted molar refractivity (Wildman–Crippen MR) is 130 cm³/mol. The van der Waals surface area contributed by atoms with Crippen molar-refractivity contribution in [2.45, 2.75) is 62.8 Å². The lowest BCUT2D eigenvalue weighted by atomic mass is 9.87. The lowest BCUT2D eigenvalue weighted by molar-refractivity contribution is -0.138. The fraction of sp³-hybridized carbons (Fsp3) is 0.346. The molecular formula is C26H30N2O4S. The number of carboxylic acids is 1. The Kier molecular flexibility index (Phi) is 7.32. The normalized spacial score (nSPS) is 11.9. The lowest BCUT2D eigenvalue weighted by Crippen LogP contribution is -2.26. The van der Waals surface area contributed by atoms with Gasteiger partial charge in [0.15, 0.2) is 0 Å². The van der Waals surface area contributed by atoms with Crippen LogP contribution in [0.3, 0.4) is 0 Å². The highest BCUT2D eigenvalue weighted by Gasteiger charge is 2.28. The Morgan fingerprint density at radius 3 is 2.18 bits per heavy atom. The molecule has 0 spiro atoms. The molecule has 7 heteroatoms. The van der Waals surface area contributed by atoms with E-state index in [0.29, 0.717) is 12.1 Å². The van der Waals surface area contributed by atoms with Crippen LogP contribution in [0.15, 0.2) is 65.8 Å². The quantitative estimate of drug-likeness (QED) is 0.347. The number of aromatic nitrogens is 2. The van der Waals surface area contributed by atoms with Crippen LogP contribution in [-0.4, -0.2) is 31.6 Å². The summed E-state index contributed by atoms with van der Waals surface area (Å²) in [7, 11) is 0. The first-order valence-corrected chi connectivity index (χ1v) is 11.6. The van der Waals surface area contributed by atoms with Crippen LogP contribution in [0.4, 0.5) is 0 Å². The molecule has 0 saturated heterocycles. The first-order valence-electron chi connectivity index (χ1n) is 10.7. The van der Waals surface area contributed by atoms with Gasteiger partial charge in [-0.2, -0.15) is 5.10 Å². The van der Waals surface area contributed by atoms with Gasteiger partial charge in [0, 0.05) is 16.7 Å². The van der Waals surface area contributed by atoms with Crippen molar-refractivity contribution in [1.29, 1.82) is 0 Å². The molecule has 0 bridgehead atoms. The number of carboxylic acid groups (broad SMARTS) is 1. The molecule has 6 nitrogen and oxygen atoms in total. The van der Waals surface area contributed by atoms with E-state index in [2.05, 4.69) is 50.1 Å². The summed E-state index contributed by atoms with van der Waals surface area (Å²) in [4.78, 5) is 24.4. The van der Waals surface area contributed by atoms with Gasteiger partial charge in [-0.3, -0.25) is 9.48 Å². The number of nitrogens with zero attached hydrogens (tertiary/aromatic N) is 2. The maximum atomic E-state index is 12.4. The number of hydrogen-bond donors (Lipinski definition) is 1. The number of thioether (sulfide) groups is 1. The van der Waals surface area contributed by atoms with E-state index in [9.17, 15) is 14.7 Å². The molecule has 1 aromatic heterocycles. The third kappa shape index (κ3) is 6.71. The van der Waals surface area contributed by atoms with E-state index in [1.54, 1.807) is 44.3 Å². The molecule has 0 unspecified atom stereocenters. The van der Waals surface area contributed by atoms with Crippen molar-refractivity contribution in [3.05, 3.63) is 83.2 Å². The zero-order valence-electron chi connectivity index (χ0n) is 19.7. The predicted octanol–water partition coefficient (Wildman–Crippen LogP) is 5.54. The maximum absolute atomic E-state index is 12.4. The molecule has 0 aliphatic rings. The Morgan fingerprint density at radius 2 is 1.61 bits per heavy atom. The monoisotopic (exact) mass is 466 g/mol. The van der Waals surface area contributed by atoms with E-state index in [-0.39, 0.29) is 12.0 Å². The van der Waals surface area contributed by atoms with E-state index in [1.165, 1.54) is 17.3 Å². The molecule has 33 heavy (non-hydrogen) atoms. The van der Waals surface area contributed by atoms with Crippen LogP contribution in [-0.2, 0) is 28.1 Å². The van der Waals surface area contributed by atoms with Gasteiger partial charge in [-0.1, -0.05) is 45.0 Å². The zero-order valence-corrected chi connectivity index (χ0v) is 20.5. The second-order valence-electron chi connectivity index (χ2n) is 9.51. The van der Waals surface area contributed by atoms with Gasteiger partial charge in [0.2, 0.25) is 0 Å². The molecule has 174 valence electrons.